The molecule has 306 valence electrons. The summed E-state index contributed by atoms with van der Waals surface area (Å²) < 4.78 is 9.03. The van der Waals surface area contributed by atoms with Crippen LogP contribution in [0.2, 0.25) is 0 Å². The minimum absolute atomic E-state index is 0. The Hall–Kier alpha value is -5.12. The number of aromatic nitrogens is 2. The van der Waals surface area contributed by atoms with E-state index in [0.717, 1.165) is 44.6 Å². The molecule has 6 heteroatoms. The standard InChI is InChI=1S/C53H55N4O.Pt/c1-50(2,3)37-20-17-21-40(28-37)55-34-48(52(7,8)9)56(35-55)41-29-39(51(4,5)6)30-43(32-41)58-42-24-25-45-44-22-15-16-23-46(44)57(47(45)33-42)49-31-38(26-27-54-49)53(10,11)36-18-13-12-14-19-36;/h12-31,34-35H,1-11H3;/q-3;. The Balaban J connectivity index is 0.00000528. The maximum Gasteiger partial charge on any atom is 0.135 e. The molecule has 5 nitrogen and oxygen atoms in total. The van der Waals surface area contributed by atoms with E-state index in [-0.39, 0.29) is 42.7 Å². The molecule has 8 rings (SSSR count). The Morgan fingerprint density at radius 1 is 0.576 bits per heavy atom. The SMILES string of the molecule is CC(C)(C)C1=CN(c2cccc(C(C)(C)C)c2)[CH-]N1c1[c-]c(Oc2[c-]c3c(cc2)c2ccccc2n3-c2cc(C(C)(C)c3ccccc3)ccn2)cc(C(C)(C)C)c1.[Pt]. The third-order valence-electron chi connectivity index (χ3n) is 11.5. The monoisotopic (exact) mass is 958 g/mol. The molecule has 2 aromatic heterocycles. The molecule has 0 unspecified atom stereocenters. The zero-order valence-corrected chi connectivity index (χ0v) is 38.5. The number of benzene rings is 5. The number of hydrogen-bond donors (Lipinski definition) is 0. The predicted molar refractivity (Wildman–Crippen MR) is 242 cm³/mol. The van der Waals surface area contributed by atoms with Crippen LogP contribution in [-0.4, -0.2) is 9.55 Å². The van der Waals surface area contributed by atoms with Gasteiger partial charge in [0.1, 0.15) is 5.82 Å². The molecule has 0 amide bonds. The van der Waals surface area contributed by atoms with E-state index in [4.69, 9.17) is 9.72 Å². The molecule has 0 fully saturated rings. The Morgan fingerprint density at radius 2 is 1.27 bits per heavy atom. The van der Waals surface area contributed by atoms with E-state index in [1.165, 1.54) is 22.4 Å². The van der Waals surface area contributed by atoms with Crippen molar-refractivity contribution >= 4 is 33.2 Å². The Bertz CT molecular complexity index is 2670. The van der Waals surface area contributed by atoms with Crippen LogP contribution in [0.15, 0.2) is 133 Å². The van der Waals surface area contributed by atoms with Gasteiger partial charge in [-0.3, -0.25) is 0 Å². The van der Waals surface area contributed by atoms with Crippen molar-refractivity contribution in [3.8, 4) is 17.3 Å². The molecule has 1 aliphatic rings. The first-order chi connectivity index (χ1) is 27.4. The average Bonchev–Trinajstić information content (AvgIpc) is 3.79. The summed E-state index contributed by atoms with van der Waals surface area (Å²) in [5, 5.41) is 2.23. The minimum Gasteiger partial charge on any atom is -0.509 e. The zero-order chi connectivity index (χ0) is 41.2. The molecule has 0 N–H and O–H groups in total. The van der Waals surface area contributed by atoms with Crippen LogP contribution in [0, 0.1) is 24.2 Å². The second-order valence-corrected chi connectivity index (χ2v) is 19.3. The smallest absolute Gasteiger partial charge is 0.135 e. The van der Waals surface area contributed by atoms with Gasteiger partial charge in [-0.25, -0.2) is 4.98 Å². The summed E-state index contributed by atoms with van der Waals surface area (Å²) in [7, 11) is 0. The first-order valence-electron chi connectivity index (χ1n) is 20.4. The quantitative estimate of drug-likeness (QED) is 0.149. The van der Waals surface area contributed by atoms with Gasteiger partial charge >= 0.3 is 0 Å². The van der Waals surface area contributed by atoms with Crippen LogP contribution in [0.4, 0.5) is 11.4 Å². The van der Waals surface area contributed by atoms with Crippen LogP contribution >= 0.6 is 0 Å². The summed E-state index contributed by atoms with van der Waals surface area (Å²) in [6, 6.07) is 48.2. The predicted octanol–water partition coefficient (Wildman–Crippen LogP) is 13.8. The molecule has 0 saturated heterocycles. The van der Waals surface area contributed by atoms with Crippen LogP contribution in [-0.2, 0) is 37.3 Å². The summed E-state index contributed by atoms with van der Waals surface area (Å²) in [5.74, 6) is 2.09. The van der Waals surface area contributed by atoms with Gasteiger partial charge in [0.15, 0.2) is 0 Å². The molecule has 3 heterocycles. The number of para-hydroxylation sites is 1. The summed E-state index contributed by atoms with van der Waals surface area (Å²) in [4.78, 5) is 9.45. The van der Waals surface area contributed by atoms with E-state index in [1.54, 1.807) is 0 Å². The molecule has 0 saturated carbocycles. The van der Waals surface area contributed by atoms with Crippen molar-refractivity contribution in [1.82, 2.24) is 9.55 Å². The molecule has 0 aliphatic carbocycles. The Kier molecular flexibility index (Phi) is 11.0. The first-order valence-corrected chi connectivity index (χ1v) is 20.4. The van der Waals surface area contributed by atoms with Gasteiger partial charge in [-0.1, -0.05) is 142 Å². The number of pyridine rings is 1. The van der Waals surface area contributed by atoms with E-state index in [0.29, 0.717) is 11.5 Å². The second-order valence-electron chi connectivity index (χ2n) is 19.3. The van der Waals surface area contributed by atoms with Crippen molar-refractivity contribution < 1.29 is 25.8 Å². The third kappa shape index (κ3) is 8.24. The van der Waals surface area contributed by atoms with E-state index in [2.05, 4.69) is 225 Å². The average molecular weight is 959 g/mol. The van der Waals surface area contributed by atoms with Crippen molar-refractivity contribution in [1.29, 1.82) is 0 Å². The molecule has 0 atom stereocenters. The Labute approximate surface area is 366 Å². The van der Waals surface area contributed by atoms with Crippen LogP contribution in [0.25, 0.3) is 27.6 Å². The van der Waals surface area contributed by atoms with Gasteiger partial charge in [-0.15, -0.1) is 53.6 Å². The van der Waals surface area contributed by atoms with Gasteiger partial charge in [-0.2, -0.15) is 6.07 Å². The minimum atomic E-state index is -0.219. The van der Waals surface area contributed by atoms with Gasteiger partial charge in [0, 0.05) is 66.5 Å². The molecule has 7 aromatic rings. The van der Waals surface area contributed by atoms with Gasteiger partial charge in [0.05, 0.1) is 0 Å². The zero-order valence-electron chi connectivity index (χ0n) is 36.2. The molecule has 0 radical (unpaired) electrons. The topological polar surface area (TPSA) is 33.5 Å². The number of anilines is 2. The van der Waals surface area contributed by atoms with Crippen molar-refractivity contribution in [2.24, 2.45) is 5.41 Å². The van der Waals surface area contributed by atoms with Crippen molar-refractivity contribution in [3.05, 3.63) is 174 Å². The van der Waals surface area contributed by atoms with Crippen molar-refractivity contribution in [3.63, 3.8) is 0 Å². The van der Waals surface area contributed by atoms with Crippen LogP contribution < -0.4 is 14.5 Å². The summed E-state index contributed by atoms with van der Waals surface area (Å²) in [6.07, 6.45) is 4.17. The van der Waals surface area contributed by atoms with Crippen LogP contribution in [0.5, 0.6) is 11.5 Å². The number of allylic oxidation sites excluding steroid dienone is 1. The molecule has 0 bridgehead atoms. The number of ether oxygens (including phenoxy) is 1. The molecular formula is C53H55N4OPt-3. The summed E-state index contributed by atoms with van der Waals surface area (Å²) in [6.45, 7) is 27.0. The fourth-order valence-corrected chi connectivity index (χ4v) is 7.82. The second kappa shape index (κ2) is 15.5. The van der Waals surface area contributed by atoms with Gasteiger partial charge in [-0.05, 0) is 69.4 Å². The number of rotatable bonds is 7. The van der Waals surface area contributed by atoms with Gasteiger partial charge in [0.2, 0.25) is 0 Å². The van der Waals surface area contributed by atoms with Crippen molar-refractivity contribution in [2.75, 3.05) is 9.80 Å². The first kappa shape index (κ1) is 42.0. The molecule has 5 aromatic carbocycles. The van der Waals surface area contributed by atoms with Crippen molar-refractivity contribution in [2.45, 2.75) is 92.4 Å². The largest absolute Gasteiger partial charge is 0.509 e. The van der Waals surface area contributed by atoms with Gasteiger partial charge < -0.3 is 19.1 Å². The van der Waals surface area contributed by atoms with Crippen LogP contribution in [0.1, 0.15) is 98.4 Å². The number of fused-ring (bicyclic) bond motifs is 3. The molecule has 59 heavy (non-hydrogen) atoms. The van der Waals surface area contributed by atoms with E-state index in [1.807, 2.05) is 12.3 Å². The maximum atomic E-state index is 6.81. The fraction of sp³-hybridized carbons (Fsp3) is 0.283. The van der Waals surface area contributed by atoms with Gasteiger partial charge in [0.25, 0.3) is 0 Å². The van der Waals surface area contributed by atoms with E-state index in [9.17, 15) is 0 Å². The summed E-state index contributed by atoms with van der Waals surface area (Å²) >= 11 is 0. The molecule has 0 spiro atoms. The summed E-state index contributed by atoms with van der Waals surface area (Å²) in [5.41, 5.74) is 9.63. The normalized spacial score (nSPS) is 13.8. The van der Waals surface area contributed by atoms with E-state index < -0.39 is 0 Å². The van der Waals surface area contributed by atoms with E-state index >= 15 is 0 Å². The third-order valence-corrected chi connectivity index (χ3v) is 11.5. The number of nitrogens with zero attached hydrogens (tertiary/aromatic N) is 4. The molecule has 1 aliphatic heterocycles. The molecular weight excluding hydrogens is 904 g/mol. The fourth-order valence-electron chi connectivity index (χ4n) is 7.82. The van der Waals surface area contributed by atoms with Crippen LogP contribution in [0.3, 0.4) is 0 Å². The maximum absolute atomic E-state index is 6.81. The Morgan fingerprint density at radius 3 is 1.98 bits per heavy atom. The number of hydrogen-bond acceptors (Lipinski definition) is 4.